The normalized spacial score (nSPS) is 16.5. The van der Waals surface area contributed by atoms with Crippen LogP contribution in [0.2, 0.25) is 0 Å². The summed E-state index contributed by atoms with van der Waals surface area (Å²) in [6.45, 7) is 13.1. The smallest absolute Gasteiger partial charge is 0.356 e. The number of methoxy groups -OCH3 is 1. The molecule has 0 bridgehead atoms. The third-order valence-corrected chi connectivity index (χ3v) is 5.05. The summed E-state index contributed by atoms with van der Waals surface area (Å²) in [6, 6.07) is 4.40. The van der Waals surface area contributed by atoms with Crippen molar-refractivity contribution in [3.8, 4) is 0 Å². The van der Waals surface area contributed by atoms with Gasteiger partial charge in [0.05, 0.1) is 0 Å². The Balaban J connectivity index is 3.59. The van der Waals surface area contributed by atoms with Crippen LogP contribution in [0.3, 0.4) is 0 Å². The van der Waals surface area contributed by atoms with Crippen molar-refractivity contribution in [2.24, 2.45) is 10.8 Å². The second kappa shape index (κ2) is 8.69. The van der Waals surface area contributed by atoms with Crippen LogP contribution in [0.15, 0.2) is 24.3 Å². The highest BCUT2D eigenvalue weighted by atomic mass is 19.4. The highest BCUT2D eigenvalue weighted by molar-refractivity contribution is 5.33. The number of benzene rings is 1. The summed E-state index contributed by atoms with van der Waals surface area (Å²) >= 11 is 0. The molecule has 2 unspecified atom stereocenters. The van der Waals surface area contributed by atoms with E-state index < -0.39 is 29.8 Å². The van der Waals surface area contributed by atoms with E-state index in [9.17, 15) is 26.3 Å². The summed E-state index contributed by atoms with van der Waals surface area (Å²) in [6.07, 6.45) is -12.5. The minimum absolute atomic E-state index is 0.0588. The molecule has 0 saturated carbocycles. The molecule has 1 aromatic rings. The predicted molar refractivity (Wildman–Crippen MR) is 104 cm³/mol. The summed E-state index contributed by atoms with van der Waals surface area (Å²) in [5.41, 5.74) is -5.15. The highest BCUT2D eigenvalue weighted by Crippen LogP contribution is 2.54. The van der Waals surface area contributed by atoms with E-state index in [1.807, 2.05) is 41.5 Å². The Kier molecular flexibility index (Phi) is 7.75. The quantitative estimate of drug-likeness (QED) is 0.334. The monoisotopic (exact) mass is 442 g/mol. The molecule has 0 fully saturated rings. The molecule has 0 radical (unpaired) electrons. The lowest BCUT2D eigenvalue weighted by atomic mass is 9.69. The molecular weight excluding hydrogens is 410 g/mol. The molecule has 0 spiro atoms. The van der Waals surface area contributed by atoms with Gasteiger partial charge in [-0.2, -0.15) is 26.3 Å². The van der Waals surface area contributed by atoms with Gasteiger partial charge < -0.3 is 9.47 Å². The number of hydrogen-bond acceptors (Lipinski definition) is 2. The van der Waals surface area contributed by atoms with E-state index in [0.29, 0.717) is 5.56 Å². The predicted octanol–water partition coefficient (Wildman–Crippen LogP) is 7.58. The van der Waals surface area contributed by atoms with Crippen molar-refractivity contribution in [3.05, 3.63) is 35.4 Å². The Morgan fingerprint density at radius 1 is 0.800 bits per heavy atom. The van der Waals surface area contributed by atoms with Crippen molar-refractivity contribution >= 4 is 0 Å². The van der Waals surface area contributed by atoms with E-state index in [4.69, 9.17) is 0 Å². The minimum atomic E-state index is -5.74. The molecule has 0 aliphatic heterocycles. The topological polar surface area (TPSA) is 18.5 Å². The molecule has 30 heavy (non-hydrogen) atoms. The van der Waals surface area contributed by atoms with E-state index in [1.54, 1.807) is 0 Å². The van der Waals surface area contributed by atoms with Crippen LogP contribution in [0, 0.1) is 10.8 Å². The van der Waals surface area contributed by atoms with Crippen molar-refractivity contribution in [2.45, 2.75) is 85.0 Å². The maximum Gasteiger partial charge on any atom is 0.430 e. The first-order chi connectivity index (χ1) is 13.3. The lowest BCUT2D eigenvalue weighted by Crippen LogP contribution is -2.57. The molecular formula is C22H32F6O2. The molecule has 0 aromatic heterocycles. The van der Waals surface area contributed by atoms with Crippen molar-refractivity contribution in [3.63, 3.8) is 0 Å². The minimum Gasteiger partial charge on any atom is -0.356 e. The lowest BCUT2D eigenvalue weighted by Gasteiger charge is -2.39. The van der Waals surface area contributed by atoms with Gasteiger partial charge in [-0.3, -0.25) is 0 Å². The van der Waals surface area contributed by atoms with E-state index >= 15 is 0 Å². The van der Waals surface area contributed by atoms with Crippen LogP contribution in [0.1, 0.15) is 71.9 Å². The summed E-state index contributed by atoms with van der Waals surface area (Å²) in [5, 5.41) is 0. The van der Waals surface area contributed by atoms with Crippen molar-refractivity contribution in [1.82, 2.24) is 0 Å². The molecule has 0 saturated heterocycles. The van der Waals surface area contributed by atoms with Gasteiger partial charge in [0.2, 0.25) is 0 Å². The number of alkyl halides is 6. The number of rotatable bonds is 6. The van der Waals surface area contributed by atoms with Gasteiger partial charge in [-0.15, -0.1) is 0 Å². The molecule has 0 heterocycles. The standard InChI is InChI=1S/C22H32F6O2/c1-14(29-8)30-20(21(23,24)25,22(26,27)28)16-11-9-15(10-12-16)17(19(5,6)7)13-18(2,3)4/h9-12,14,17H,13H2,1-8H3. The number of hydrogen-bond donors (Lipinski definition) is 0. The van der Waals surface area contributed by atoms with Crippen LogP contribution >= 0.6 is 0 Å². The van der Waals surface area contributed by atoms with Crippen LogP contribution < -0.4 is 0 Å². The van der Waals surface area contributed by atoms with Crippen molar-refractivity contribution < 1.29 is 35.8 Å². The Morgan fingerprint density at radius 2 is 1.23 bits per heavy atom. The lowest BCUT2D eigenvalue weighted by molar-refractivity contribution is -0.414. The average Bonchev–Trinajstić information content (AvgIpc) is 2.53. The third kappa shape index (κ3) is 5.90. The summed E-state index contributed by atoms with van der Waals surface area (Å²) < 4.78 is 92.0. The first kappa shape index (κ1) is 26.8. The van der Waals surface area contributed by atoms with Gasteiger partial charge in [0.25, 0.3) is 5.60 Å². The number of halogens is 6. The molecule has 0 amide bonds. The zero-order chi connectivity index (χ0) is 23.8. The van der Waals surface area contributed by atoms with E-state index in [1.165, 1.54) is 12.1 Å². The molecule has 174 valence electrons. The Hall–Kier alpha value is -1.28. The molecule has 0 aliphatic rings. The maximum absolute atomic E-state index is 13.8. The molecule has 0 aliphatic carbocycles. The number of ether oxygens (including phenoxy) is 2. The van der Waals surface area contributed by atoms with Gasteiger partial charge in [-0.05, 0) is 35.7 Å². The van der Waals surface area contributed by atoms with Gasteiger partial charge in [-0.1, -0.05) is 65.8 Å². The first-order valence-corrected chi connectivity index (χ1v) is 9.71. The second-order valence-electron chi connectivity index (χ2n) is 9.90. The van der Waals surface area contributed by atoms with Crippen molar-refractivity contribution in [1.29, 1.82) is 0 Å². The molecule has 1 rings (SSSR count). The zero-order valence-corrected chi connectivity index (χ0v) is 18.8. The maximum atomic E-state index is 13.8. The SMILES string of the molecule is COC(C)OC(c1ccc(C(CC(C)(C)C)C(C)(C)C)cc1)(C(F)(F)F)C(F)(F)F. The third-order valence-electron chi connectivity index (χ3n) is 5.05. The van der Waals surface area contributed by atoms with E-state index in [-0.39, 0.29) is 16.7 Å². The fraction of sp³-hybridized carbons (Fsp3) is 0.727. The second-order valence-corrected chi connectivity index (χ2v) is 9.90. The van der Waals surface area contributed by atoms with Crippen molar-refractivity contribution in [2.75, 3.05) is 7.11 Å². The highest BCUT2D eigenvalue weighted by Gasteiger charge is 2.74. The summed E-state index contributed by atoms with van der Waals surface area (Å²) in [7, 11) is 0.978. The van der Waals surface area contributed by atoms with Crippen LogP contribution in [0.25, 0.3) is 0 Å². The fourth-order valence-electron chi connectivity index (χ4n) is 3.47. The average molecular weight is 442 g/mol. The fourth-order valence-corrected chi connectivity index (χ4v) is 3.47. The molecule has 1 aromatic carbocycles. The van der Waals surface area contributed by atoms with E-state index in [2.05, 4.69) is 9.47 Å². The zero-order valence-electron chi connectivity index (χ0n) is 18.8. The van der Waals surface area contributed by atoms with Crippen LogP contribution in [0.4, 0.5) is 26.3 Å². The van der Waals surface area contributed by atoms with Gasteiger partial charge in [-0.25, -0.2) is 0 Å². The Morgan fingerprint density at radius 3 is 1.53 bits per heavy atom. The first-order valence-electron chi connectivity index (χ1n) is 9.71. The summed E-state index contributed by atoms with van der Waals surface area (Å²) in [4.78, 5) is 0. The van der Waals surface area contributed by atoms with Crippen LogP contribution in [-0.4, -0.2) is 25.8 Å². The van der Waals surface area contributed by atoms with E-state index in [0.717, 1.165) is 32.6 Å². The van der Waals surface area contributed by atoms with Gasteiger partial charge >= 0.3 is 12.4 Å². The van der Waals surface area contributed by atoms with Crippen LogP contribution in [-0.2, 0) is 15.1 Å². The molecule has 2 nitrogen and oxygen atoms in total. The van der Waals surface area contributed by atoms with Gasteiger partial charge in [0, 0.05) is 12.7 Å². The Bertz CT molecular complexity index is 664. The van der Waals surface area contributed by atoms with Gasteiger partial charge in [0.1, 0.15) is 0 Å². The largest absolute Gasteiger partial charge is 0.430 e. The van der Waals surface area contributed by atoms with Crippen LogP contribution in [0.5, 0.6) is 0 Å². The molecule has 2 atom stereocenters. The van der Waals surface area contributed by atoms with Gasteiger partial charge in [0.15, 0.2) is 6.29 Å². The molecule has 0 N–H and O–H groups in total. The Labute approximate surface area is 174 Å². The molecule has 8 heteroatoms. The summed E-state index contributed by atoms with van der Waals surface area (Å²) in [5.74, 6) is -0.0588.